The van der Waals surface area contributed by atoms with Crippen molar-refractivity contribution < 1.29 is 22.0 Å². The van der Waals surface area contributed by atoms with Crippen molar-refractivity contribution in [3.63, 3.8) is 0 Å². The van der Waals surface area contributed by atoms with Crippen molar-refractivity contribution in [2.75, 3.05) is 23.3 Å². The molecule has 0 bridgehead atoms. The highest BCUT2D eigenvalue weighted by Crippen LogP contribution is 2.42. The van der Waals surface area contributed by atoms with Crippen LogP contribution >= 0.6 is 0 Å². The number of anilines is 2. The molecule has 0 atom stereocenters. The molecule has 4 aromatic carbocycles. The smallest absolute Gasteiger partial charge is 0.232 e. The predicted molar refractivity (Wildman–Crippen MR) is 157 cm³/mol. The number of para-hydroxylation sites is 1. The summed E-state index contributed by atoms with van der Waals surface area (Å²) < 4.78 is 46.1. The monoisotopic (exact) mass is 553 g/mol. The number of furan rings is 1. The second-order valence-corrected chi connectivity index (χ2v) is 11.7. The van der Waals surface area contributed by atoms with E-state index in [1.807, 2.05) is 42.5 Å². The number of nitrogen functional groups attached to an aromatic ring is 1. The number of nitrogens with two attached hydrogens (primary N) is 1. The van der Waals surface area contributed by atoms with Gasteiger partial charge in [-0.3, -0.25) is 9.10 Å². The number of rotatable bonds is 6. The topological polar surface area (TPSA) is 109 Å². The van der Waals surface area contributed by atoms with Crippen LogP contribution in [0.15, 0.2) is 89.3 Å². The fraction of sp³-hybridized carbons (Fsp3) is 0.0645. The summed E-state index contributed by atoms with van der Waals surface area (Å²) in [4.78, 5) is 15.7. The van der Waals surface area contributed by atoms with Crippen LogP contribution in [0, 0.1) is 5.82 Å². The number of H-pyrrole nitrogens is 1. The van der Waals surface area contributed by atoms with Gasteiger partial charge in [0.25, 0.3) is 0 Å². The number of fused-ring (bicyclic) bond motifs is 2. The van der Waals surface area contributed by atoms with Gasteiger partial charge in [-0.15, -0.1) is 0 Å². The van der Waals surface area contributed by atoms with Gasteiger partial charge in [0.05, 0.1) is 17.5 Å². The second kappa shape index (κ2) is 9.39. The van der Waals surface area contributed by atoms with Crippen molar-refractivity contribution >= 4 is 49.6 Å². The van der Waals surface area contributed by atoms with Gasteiger partial charge >= 0.3 is 0 Å². The summed E-state index contributed by atoms with van der Waals surface area (Å²) in [6, 6.07) is 24.4. The van der Waals surface area contributed by atoms with Crippen LogP contribution < -0.4 is 10.0 Å². The SMILES string of the molecule is CN(c1cc2oc(-c3ccc(F)cc3)c(C=O)c2cc1-c1cc(N)cc(-c2cc3ccccc3[nH]2)c1)S(C)(=O)=O. The number of nitrogens with zero attached hydrogens (tertiary/aromatic N) is 1. The van der Waals surface area contributed by atoms with E-state index in [0.717, 1.165) is 32.7 Å². The van der Waals surface area contributed by atoms with E-state index < -0.39 is 15.8 Å². The van der Waals surface area contributed by atoms with Gasteiger partial charge in [0, 0.05) is 57.5 Å². The van der Waals surface area contributed by atoms with Gasteiger partial charge in [-0.25, -0.2) is 12.8 Å². The van der Waals surface area contributed by atoms with Crippen molar-refractivity contribution in [1.29, 1.82) is 0 Å². The highest BCUT2D eigenvalue weighted by atomic mass is 32.2. The minimum Gasteiger partial charge on any atom is -0.455 e. The third kappa shape index (κ3) is 4.40. The molecule has 40 heavy (non-hydrogen) atoms. The third-order valence-electron chi connectivity index (χ3n) is 7.01. The molecule has 0 saturated heterocycles. The molecule has 0 saturated carbocycles. The number of benzene rings is 4. The van der Waals surface area contributed by atoms with Crippen molar-refractivity contribution in [2.45, 2.75) is 0 Å². The van der Waals surface area contributed by atoms with Crippen LogP contribution in [0.1, 0.15) is 10.4 Å². The molecule has 0 fully saturated rings. The summed E-state index contributed by atoms with van der Waals surface area (Å²) in [5.74, 6) is -0.152. The van der Waals surface area contributed by atoms with E-state index in [1.165, 1.54) is 31.3 Å². The summed E-state index contributed by atoms with van der Waals surface area (Å²) in [7, 11) is -2.21. The van der Waals surface area contributed by atoms with E-state index in [4.69, 9.17) is 10.2 Å². The van der Waals surface area contributed by atoms with Crippen LogP contribution in [0.25, 0.3) is 55.6 Å². The number of hydrogen-bond donors (Lipinski definition) is 2. The highest BCUT2D eigenvalue weighted by Gasteiger charge is 2.23. The molecule has 2 heterocycles. The maximum atomic E-state index is 13.6. The molecule has 0 aliphatic rings. The van der Waals surface area contributed by atoms with E-state index >= 15 is 0 Å². The lowest BCUT2D eigenvalue weighted by atomic mass is 9.96. The van der Waals surface area contributed by atoms with E-state index in [-0.39, 0.29) is 11.3 Å². The zero-order valence-electron chi connectivity index (χ0n) is 21.6. The molecule has 6 rings (SSSR count). The summed E-state index contributed by atoms with van der Waals surface area (Å²) in [6.07, 6.45) is 1.79. The number of carbonyl (C=O) groups is 1. The molecule has 0 spiro atoms. The Hall–Kier alpha value is -4.89. The molecule has 0 aliphatic heterocycles. The number of sulfonamides is 1. The quantitative estimate of drug-likeness (QED) is 0.173. The Bertz CT molecular complexity index is 2010. The first kappa shape index (κ1) is 25.4. The molecular weight excluding hydrogens is 529 g/mol. The first-order valence-corrected chi connectivity index (χ1v) is 14.2. The molecule has 0 radical (unpaired) electrons. The standard InChI is InChI=1S/C31H24FN3O4S/c1-35(40(2,37)38)29-16-30-25(26(17-36)31(39-30)18-7-9-22(32)10-8-18)15-24(29)20-11-21(13-23(33)12-20)28-14-19-5-3-4-6-27(19)34-28/h3-17,34H,33H2,1-2H3. The number of carbonyl (C=O) groups excluding carboxylic acids is 1. The third-order valence-corrected chi connectivity index (χ3v) is 8.20. The maximum absolute atomic E-state index is 13.6. The summed E-state index contributed by atoms with van der Waals surface area (Å²) in [6.45, 7) is 0. The highest BCUT2D eigenvalue weighted by molar-refractivity contribution is 7.92. The van der Waals surface area contributed by atoms with Crippen LogP contribution in [0.3, 0.4) is 0 Å². The summed E-state index contributed by atoms with van der Waals surface area (Å²) >= 11 is 0. The Labute approximate surface area is 229 Å². The number of nitrogens with one attached hydrogen (secondary N) is 1. The summed E-state index contributed by atoms with van der Waals surface area (Å²) in [5.41, 5.74) is 12.1. The first-order chi connectivity index (χ1) is 19.1. The van der Waals surface area contributed by atoms with Gasteiger partial charge in [-0.05, 0) is 66.2 Å². The Morgan fingerprint density at radius 2 is 1.65 bits per heavy atom. The largest absolute Gasteiger partial charge is 0.455 e. The minimum absolute atomic E-state index is 0.265. The molecule has 6 aromatic rings. The molecule has 200 valence electrons. The Morgan fingerprint density at radius 3 is 2.35 bits per heavy atom. The van der Waals surface area contributed by atoms with Crippen molar-refractivity contribution in [3.8, 4) is 33.7 Å². The second-order valence-electron chi connectivity index (χ2n) is 9.68. The molecule has 0 amide bonds. The first-order valence-electron chi connectivity index (χ1n) is 12.4. The van der Waals surface area contributed by atoms with E-state index in [2.05, 4.69) is 4.98 Å². The number of aromatic amines is 1. The maximum Gasteiger partial charge on any atom is 0.232 e. The zero-order chi connectivity index (χ0) is 28.2. The normalized spacial score (nSPS) is 11.8. The predicted octanol–water partition coefficient (Wildman–Crippen LogP) is 6.84. The fourth-order valence-corrected chi connectivity index (χ4v) is 5.45. The van der Waals surface area contributed by atoms with Gasteiger partial charge in [-0.1, -0.05) is 18.2 Å². The molecular formula is C31H24FN3O4S. The number of aldehydes is 1. The summed E-state index contributed by atoms with van der Waals surface area (Å²) in [5, 5.41) is 1.53. The molecule has 9 heteroatoms. The van der Waals surface area contributed by atoms with Crippen LogP contribution in [0.4, 0.5) is 15.8 Å². The molecule has 0 unspecified atom stereocenters. The lowest BCUT2D eigenvalue weighted by molar-refractivity contribution is 0.112. The Balaban J connectivity index is 1.60. The van der Waals surface area contributed by atoms with Gasteiger partial charge < -0.3 is 15.1 Å². The van der Waals surface area contributed by atoms with Crippen LogP contribution in [0.2, 0.25) is 0 Å². The van der Waals surface area contributed by atoms with Crippen LogP contribution in [0.5, 0.6) is 0 Å². The fourth-order valence-electron chi connectivity index (χ4n) is 4.95. The van der Waals surface area contributed by atoms with Gasteiger partial charge in [0.15, 0.2) is 6.29 Å². The zero-order valence-corrected chi connectivity index (χ0v) is 22.4. The van der Waals surface area contributed by atoms with Crippen molar-refractivity contribution in [1.82, 2.24) is 4.98 Å². The molecule has 2 aromatic heterocycles. The lowest BCUT2D eigenvalue weighted by Gasteiger charge is -2.21. The van der Waals surface area contributed by atoms with Crippen molar-refractivity contribution in [3.05, 3.63) is 96.3 Å². The Kier molecular flexibility index (Phi) is 5.96. The van der Waals surface area contributed by atoms with Gasteiger partial charge in [0.1, 0.15) is 17.2 Å². The molecule has 3 N–H and O–H groups in total. The number of halogens is 1. The van der Waals surface area contributed by atoms with Gasteiger partial charge in [-0.2, -0.15) is 0 Å². The van der Waals surface area contributed by atoms with E-state index in [9.17, 15) is 17.6 Å². The van der Waals surface area contributed by atoms with Crippen LogP contribution in [-0.2, 0) is 10.0 Å². The molecule has 0 aliphatic carbocycles. The van der Waals surface area contributed by atoms with E-state index in [1.54, 1.807) is 18.2 Å². The van der Waals surface area contributed by atoms with Crippen LogP contribution in [-0.4, -0.2) is 33.0 Å². The van der Waals surface area contributed by atoms with Crippen molar-refractivity contribution in [2.24, 2.45) is 0 Å². The van der Waals surface area contributed by atoms with Gasteiger partial charge in [0.2, 0.25) is 10.0 Å². The number of hydrogen-bond acceptors (Lipinski definition) is 5. The average Bonchev–Trinajstić information content (AvgIpc) is 3.52. The average molecular weight is 554 g/mol. The Morgan fingerprint density at radius 1 is 0.925 bits per heavy atom. The number of aromatic nitrogens is 1. The molecule has 7 nitrogen and oxygen atoms in total. The lowest BCUT2D eigenvalue weighted by Crippen LogP contribution is -2.25. The minimum atomic E-state index is -3.67. The van der Waals surface area contributed by atoms with E-state index in [0.29, 0.717) is 45.3 Å².